The summed E-state index contributed by atoms with van der Waals surface area (Å²) in [6, 6.07) is 3.52. The Morgan fingerprint density at radius 2 is 1.96 bits per heavy atom. The van der Waals surface area contributed by atoms with Crippen molar-refractivity contribution in [2.45, 2.75) is 63.9 Å². The van der Waals surface area contributed by atoms with Crippen molar-refractivity contribution in [3.05, 3.63) is 23.5 Å². The summed E-state index contributed by atoms with van der Waals surface area (Å²) in [5.74, 6) is 0.393. The number of nitrogens with zero attached hydrogens (tertiary/aromatic N) is 4. The van der Waals surface area contributed by atoms with Crippen LogP contribution < -0.4 is 4.89 Å². The van der Waals surface area contributed by atoms with E-state index in [9.17, 15) is 9.90 Å². The fourth-order valence-electron chi connectivity index (χ4n) is 3.88. The van der Waals surface area contributed by atoms with Crippen molar-refractivity contribution < 1.29 is 19.7 Å². The number of pyridine rings is 1. The smallest absolute Gasteiger partial charge is 0.358 e. The molecule has 8 heteroatoms. The van der Waals surface area contributed by atoms with E-state index in [0.717, 1.165) is 50.6 Å². The Kier molecular flexibility index (Phi) is 5.57. The molecule has 2 aromatic rings. The van der Waals surface area contributed by atoms with Gasteiger partial charge in [0.25, 0.3) is 0 Å². The normalized spacial score (nSPS) is 17.9. The van der Waals surface area contributed by atoms with Crippen LogP contribution in [0.1, 0.15) is 68.7 Å². The van der Waals surface area contributed by atoms with Gasteiger partial charge < -0.3 is 5.11 Å². The van der Waals surface area contributed by atoms with Crippen LogP contribution in [0.2, 0.25) is 0 Å². The Labute approximate surface area is 163 Å². The van der Waals surface area contributed by atoms with Crippen LogP contribution in [0.15, 0.2) is 12.1 Å². The van der Waals surface area contributed by atoms with Crippen LogP contribution in [0.5, 0.6) is 5.75 Å². The van der Waals surface area contributed by atoms with Crippen molar-refractivity contribution in [2.24, 2.45) is 13.0 Å². The third-order valence-electron chi connectivity index (χ3n) is 5.87. The van der Waals surface area contributed by atoms with Crippen LogP contribution in [0.4, 0.5) is 0 Å². The highest BCUT2D eigenvalue weighted by Crippen LogP contribution is 2.41. The standard InChI is InChI=1S/C20H26N4O4/c1-24-16(12-25)19(22-23-24)15-10-11-17(18(21-15)13-8-5-9-13)27-28-20(26)14-6-3-2-4-7-14/h10-11,13-14,25H,2-9,12H2,1H3. The number of carbonyl (C=O) groups is 1. The molecule has 4 rings (SSSR count). The number of hydrogen-bond donors (Lipinski definition) is 1. The van der Waals surface area contributed by atoms with E-state index in [1.807, 2.05) is 0 Å². The molecule has 1 N–H and O–H groups in total. The molecular formula is C20H26N4O4. The molecule has 2 aromatic heterocycles. The van der Waals surface area contributed by atoms with Gasteiger partial charge in [-0.25, -0.2) is 14.5 Å². The lowest BCUT2D eigenvalue weighted by Gasteiger charge is -2.26. The molecular weight excluding hydrogens is 360 g/mol. The SMILES string of the molecule is Cn1nnc(-c2ccc(OOC(=O)C3CCCCC3)c(C3CCC3)n2)c1CO. The fraction of sp³-hybridized carbons (Fsp3) is 0.600. The molecule has 2 saturated carbocycles. The molecule has 2 heterocycles. The summed E-state index contributed by atoms with van der Waals surface area (Å²) in [6.45, 7) is -0.170. The highest BCUT2D eigenvalue weighted by atomic mass is 17.2. The molecule has 0 aliphatic heterocycles. The molecule has 0 saturated heterocycles. The van der Waals surface area contributed by atoms with Crippen molar-refractivity contribution in [3.8, 4) is 17.1 Å². The average Bonchev–Trinajstić information content (AvgIpc) is 3.06. The van der Waals surface area contributed by atoms with E-state index in [2.05, 4.69) is 10.3 Å². The molecule has 0 radical (unpaired) electrons. The van der Waals surface area contributed by atoms with E-state index < -0.39 is 0 Å². The predicted molar refractivity (Wildman–Crippen MR) is 100 cm³/mol. The summed E-state index contributed by atoms with van der Waals surface area (Å²) in [7, 11) is 1.73. The molecule has 2 aliphatic carbocycles. The largest absolute Gasteiger partial charge is 0.390 e. The van der Waals surface area contributed by atoms with E-state index in [1.54, 1.807) is 19.2 Å². The molecule has 0 amide bonds. The zero-order valence-electron chi connectivity index (χ0n) is 16.1. The third-order valence-corrected chi connectivity index (χ3v) is 5.87. The van der Waals surface area contributed by atoms with Crippen LogP contribution in [0, 0.1) is 5.92 Å². The van der Waals surface area contributed by atoms with Gasteiger partial charge in [-0.15, -0.1) is 5.10 Å². The minimum Gasteiger partial charge on any atom is -0.390 e. The molecule has 28 heavy (non-hydrogen) atoms. The van der Waals surface area contributed by atoms with Gasteiger partial charge in [-0.05, 0) is 37.8 Å². The first-order valence-electron chi connectivity index (χ1n) is 10.1. The van der Waals surface area contributed by atoms with Crippen LogP contribution >= 0.6 is 0 Å². The molecule has 0 spiro atoms. The monoisotopic (exact) mass is 386 g/mol. The second kappa shape index (κ2) is 8.26. The topological polar surface area (TPSA) is 99.4 Å². The lowest BCUT2D eigenvalue weighted by Crippen LogP contribution is -2.22. The number of carbonyl (C=O) groups excluding carboxylic acids is 1. The summed E-state index contributed by atoms with van der Waals surface area (Å²) in [6.07, 6.45) is 8.23. The van der Waals surface area contributed by atoms with Crippen molar-refractivity contribution in [2.75, 3.05) is 0 Å². The summed E-state index contributed by atoms with van der Waals surface area (Å²) in [5.41, 5.74) is 2.56. The molecule has 8 nitrogen and oxygen atoms in total. The van der Waals surface area contributed by atoms with Crippen molar-refractivity contribution in [1.29, 1.82) is 0 Å². The second-order valence-corrected chi connectivity index (χ2v) is 7.69. The van der Waals surface area contributed by atoms with Crippen LogP contribution in [-0.2, 0) is 23.3 Å². The van der Waals surface area contributed by atoms with Gasteiger partial charge in [0, 0.05) is 13.0 Å². The summed E-state index contributed by atoms with van der Waals surface area (Å²) < 4.78 is 1.54. The Bertz CT molecular complexity index is 841. The fourth-order valence-corrected chi connectivity index (χ4v) is 3.88. The van der Waals surface area contributed by atoms with Gasteiger partial charge in [0.1, 0.15) is 5.69 Å². The maximum atomic E-state index is 12.3. The number of aliphatic hydroxyl groups is 1. The third kappa shape index (κ3) is 3.73. The van der Waals surface area contributed by atoms with Crippen LogP contribution in [0.3, 0.4) is 0 Å². The van der Waals surface area contributed by atoms with E-state index in [1.165, 1.54) is 11.1 Å². The summed E-state index contributed by atoms with van der Waals surface area (Å²) >= 11 is 0. The highest BCUT2D eigenvalue weighted by Gasteiger charge is 2.28. The van der Waals surface area contributed by atoms with Crippen molar-refractivity contribution in [3.63, 3.8) is 0 Å². The van der Waals surface area contributed by atoms with Crippen LogP contribution in [-0.4, -0.2) is 31.1 Å². The number of aryl methyl sites for hydroxylation is 1. The van der Waals surface area contributed by atoms with E-state index in [0.29, 0.717) is 22.8 Å². The van der Waals surface area contributed by atoms with Crippen molar-refractivity contribution >= 4 is 5.97 Å². The van der Waals surface area contributed by atoms with Gasteiger partial charge in [0.05, 0.1) is 29.6 Å². The van der Waals surface area contributed by atoms with Gasteiger partial charge in [0.15, 0.2) is 0 Å². The molecule has 0 atom stereocenters. The number of aliphatic hydroxyl groups excluding tert-OH is 1. The minimum absolute atomic E-state index is 0.0696. The Morgan fingerprint density at radius 3 is 2.64 bits per heavy atom. The maximum Gasteiger partial charge on any atom is 0.358 e. The van der Waals surface area contributed by atoms with E-state index in [-0.39, 0.29) is 24.4 Å². The summed E-state index contributed by atoms with van der Waals surface area (Å²) in [5, 5.41) is 17.7. The van der Waals surface area contributed by atoms with Crippen molar-refractivity contribution in [1.82, 2.24) is 20.0 Å². The average molecular weight is 386 g/mol. The first-order valence-corrected chi connectivity index (χ1v) is 10.1. The maximum absolute atomic E-state index is 12.3. The molecule has 0 unspecified atom stereocenters. The zero-order chi connectivity index (χ0) is 19.5. The predicted octanol–water partition coefficient (Wildman–Crippen LogP) is 3.05. The van der Waals surface area contributed by atoms with Gasteiger partial charge in [-0.1, -0.05) is 30.9 Å². The van der Waals surface area contributed by atoms with Gasteiger partial charge >= 0.3 is 5.97 Å². The first kappa shape index (κ1) is 18.9. The van der Waals surface area contributed by atoms with Crippen LogP contribution in [0.25, 0.3) is 11.4 Å². The number of rotatable bonds is 6. The molecule has 150 valence electrons. The highest BCUT2D eigenvalue weighted by molar-refractivity contribution is 5.72. The number of hydrogen-bond acceptors (Lipinski definition) is 7. The van der Waals surface area contributed by atoms with Gasteiger partial charge in [-0.2, -0.15) is 0 Å². The minimum atomic E-state index is -0.292. The Hall–Kier alpha value is -2.48. The van der Waals surface area contributed by atoms with Gasteiger partial charge in [-0.3, -0.25) is 9.78 Å². The quantitative estimate of drug-likeness (QED) is 0.601. The number of aromatic nitrogens is 4. The van der Waals surface area contributed by atoms with Gasteiger partial charge in [0.2, 0.25) is 5.75 Å². The second-order valence-electron chi connectivity index (χ2n) is 7.69. The van der Waals surface area contributed by atoms with E-state index >= 15 is 0 Å². The Balaban J connectivity index is 1.54. The Morgan fingerprint density at radius 1 is 1.18 bits per heavy atom. The van der Waals surface area contributed by atoms with E-state index in [4.69, 9.17) is 14.8 Å². The summed E-state index contributed by atoms with van der Waals surface area (Å²) in [4.78, 5) is 27.7. The molecule has 2 aliphatic rings. The molecule has 0 bridgehead atoms. The molecule has 0 aromatic carbocycles. The first-order chi connectivity index (χ1) is 13.7. The molecule has 2 fully saturated rings. The zero-order valence-corrected chi connectivity index (χ0v) is 16.1. The lowest BCUT2D eigenvalue weighted by molar-refractivity contribution is -0.220. The lowest BCUT2D eigenvalue weighted by atomic mass is 9.82.